The van der Waals surface area contributed by atoms with Crippen LogP contribution in [0.15, 0.2) is 18.2 Å². The van der Waals surface area contributed by atoms with Gasteiger partial charge in [0.25, 0.3) is 0 Å². The predicted molar refractivity (Wildman–Crippen MR) is 63.2 cm³/mol. The van der Waals surface area contributed by atoms with Gasteiger partial charge in [0.1, 0.15) is 5.82 Å². The summed E-state index contributed by atoms with van der Waals surface area (Å²) in [4.78, 5) is 0. The Morgan fingerprint density at radius 3 is 2.88 bits per heavy atom. The van der Waals surface area contributed by atoms with Gasteiger partial charge >= 0.3 is 0 Å². The molecule has 2 rings (SSSR count). The minimum atomic E-state index is -0.370. The van der Waals surface area contributed by atoms with E-state index < -0.39 is 0 Å². The van der Waals surface area contributed by atoms with Crippen molar-refractivity contribution >= 4 is 5.69 Å². The highest BCUT2D eigenvalue weighted by atomic mass is 19.1. The van der Waals surface area contributed by atoms with E-state index in [2.05, 4.69) is 5.32 Å². The largest absolute Gasteiger partial charge is 0.381 e. The summed E-state index contributed by atoms with van der Waals surface area (Å²) in [5, 5.41) is 11.8. The first-order valence-corrected chi connectivity index (χ1v) is 5.72. The molecule has 0 saturated heterocycles. The lowest BCUT2D eigenvalue weighted by molar-refractivity contribution is 0.108. The molecule has 1 aliphatic carbocycles. The van der Waals surface area contributed by atoms with E-state index in [1.165, 1.54) is 6.07 Å². The number of nitrogens with one attached hydrogen (secondary N) is 1. The molecule has 2 unspecified atom stereocenters. The minimum Gasteiger partial charge on any atom is -0.381 e. The highest BCUT2D eigenvalue weighted by molar-refractivity contribution is 5.49. The molecule has 0 aromatic heterocycles. The third-order valence-corrected chi connectivity index (χ3v) is 3.18. The van der Waals surface area contributed by atoms with Crippen molar-refractivity contribution in [1.82, 2.24) is 0 Å². The van der Waals surface area contributed by atoms with Crippen molar-refractivity contribution in [3.8, 4) is 6.07 Å². The summed E-state index contributed by atoms with van der Waals surface area (Å²) in [5.41, 5.74) is 0.806. The van der Waals surface area contributed by atoms with Gasteiger partial charge in [-0.2, -0.15) is 5.26 Å². The molecule has 90 valence electrons. The van der Waals surface area contributed by atoms with E-state index in [1.54, 1.807) is 19.2 Å². The van der Waals surface area contributed by atoms with Crippen LogP contribution >= 0.6 is 0 Å². The number of hydrogen-bond donors (Lipinski definition) is 1. The van der Waals surface area contributed by atoms with Gasteiger partial charge in [0.15, 0.2) is 0 Å². The Morgan fingerprint density at radius 2 is 2.29 bits per heavy atom. The zero-order valence-electron chi connectivity index (χ0n) is 9.74. The van der Waals surface area contributed by atoms with E-state index in [0.29, 0.717) is 11.3 Å². The molecule has 0 heterocycles. The topological polar surface area (TPSA) is 45.0 Å². The summed E-state index contributed by atoms with van der Waals surface area (Å²) in [7, 11) is 1.70. The zero-order valence-corrected chi connectivity index (χ0v) is 9.74. The van der Waals surface area contributed by atoms with E-state index in [0.717, 1.165) is 19.3 Å². The summed E-state index contributed by atoms with van der Waals surface area (Å²) in [6.07, 6.45) is 3.16. The Balaban J connectivity index is 2.02. The van der Waals surface area contributed by atoms with E-state index in [-0.39, 0.29) is 18.0 Å². The molecule has 1 aromatic rings. The maximum Gasteiger partial charge on any atom is 0.147 e. The van der Waals surface area contributed by atoms with Crippen LogP contribution in [0.3, 0.4) is 0 Å². The number of anilines is 1. The van der Waals surface area contributed by atoms with Gasteiger partial charge in [-0.1, -0.05) is 0 Å². The van der Waals surface area contributed by atoms with Crippen molar-refractivity contribution in [2.75, 3.05) is 12.4 Å². The molecule has 0 bridgehead atoms. The van der Waals surface area contributed by atoms with Gasteiger partial charge in [-0.25, -0.2) is 4.39 Å². The number of nitriles is 1. The lowest BCUT2D eigenvalue weighted by Gasteiger charge is -2.15. The molecule has 1 aromatic carbocycles. The molecule has 17 heavy (non-hydrogen) atoms. The molecule has 1 N–H and O–H groups in total. The third kappa shape index (κ3) is 2.75. The molecule has 0 radical (unpaired) electrons. The average molecular weight is 234 g/mol. The van der Waals surface area contributed by atoms with Crippen LogP contribution < -0.4 is 5.32 Å². The Hall–Kier alpha value is -1.60. The van der Waals surface area contributed by atoms with Gasteiger partial charge in [0.2, 0.25) is 0 Å². The first-order valence-electron chi connectivity index (χ1n) is 5.72. The van der Waals surface area contributed by atoms with Gasteiger partial charge in [-0.15, -0.1) is 0 Å². The van der Waals surface area contributed by atoms with Gasteiger partial charge in [-0.3, -0.25) is 0 Å². The monoisotopic (exact) mass is 234 g/mol. The fourth-order valence-corrected chi connectivity index (χ4v) is 2.21. The van der Waals surface area contributed by atoms with Crippen molar-refractivity contribution in [2.45, 2.75) is 31.4 Å². The maximum absolute atomic E-state index is 13.6. The Bertz CT molecular complexity index is 442. The fourth-order valence-electron chi connectivity index (χ4n) is 2.21. The predicted octanol–water partition coefficient (Wildman–Crippen LogP) is 2.68. The van der Waals surface area contributed by atoms with Crippen LogP contribution in [0, 0.1) is 17.1 Å². The van der Waals surface area contributed by atoms with Crippen LogP contribution in [0.2, 0.25) is 0 Å². The molecule has 0 aliphatic heterocycles. The number of halogens is 1. The number of rotatable bonds is 3. The van der Waals surface area contributed by atoms with E-state index in [4.69, 9.17) is 10.00 Å². The van der Waals surface area contributed by atoms with Crippen molar-refractivity contribution < 1.29 is 9.13 Å². The second kappa shape index (κ2) is 5.15. The zero-order chi connectivity index (χ0) is 12.3. The molecule has 1 saturated carbocycles. The standard InChI is InChI=1S/C13H15FN2O/c1-17-11-4-3-10(7-11)16-13-5-2-9(8-15)6-12(13)14/h2,5-6,10-11,16H,3-4,7H2,1H3. The summed E-state index contributed by atoms with van der Waals surface area (Å²) < 4.78 is 18.9. The number of ether oxygens (including phenoxy) is 1. The Morgan fingerprint density at radius 1 is 1.47 bits per heavy atom. The lowest BCUT2D eigenvalue weighted by atomic mass is 10.2. The molecule has 3 nitrogen and oxygen atoms in total. The van der Waals surface area contributed by atoms with Crippen LogP contribution in [0.4, 0.5) is 10.1 Å². The van der Waals surface area contributed by atoms with Crippen LogP contribution in [0.5, 0.6) is 0 Å². The molecule has 2 atom stereocenters. The maximum atomic E-state index is 13.6. The van der Waals surface area contributed by atoms with Crippen molar-refractivity contribution in [2.24, 2.45) is 0 Å². The molecule has 1 fully saturated rings. The summed E-state index contributed by atoms with van der Waals surface area (Å²) >= 11 is 0. The van der Waals surface area contributed by atoms with Crippen molar-refractivity contribution in [1.29, 1.82) is 5.26 Å². The van der Waals surface area contributed by atoms with Crippen LogP contribution in [0.1, 0.15) is 24.8 Å². The summed E-state index contributed by atoms with van der Waals surface area (Å²) in [6.45, 7) is 0. The molecular weight excluding hydrogens is 219 g/mol. The van der Waals surface area contributed by atoms with Crippen LogP contribution in [0.25, 0.3) is 0 Å². The van der Waals surface area contributed by atoms with E-state index in [9.17, 15) is 4.39 Å². The lowest BCUT2D eigenvalue weighted by Crippen LogP contribution is -2.18. The number of benzene rings is 1. The highest BCUT2D eigenvalue weighted by Crippen LogP contribution is 2.26. The minimum absolute atomic E-state index is 0.252. The normalized spacial score (nSPS) is 23.4. The number of hydrogen-bond acceptors (Lipinski definition) is 3. The van der Waals surface area contributed by atoms with Gasteiger partial charge in [0, 0.05) is 13.2 Å². The molecular formula is C13H15FN2O. The molecule has 0 amide bonds. The first kappa shape index (κ1) is 11.9. The molecule has 1 aliphatic rings. The SMILES string of the molecule is COC1CCC(Nc2ccc(C#N)cc2F)C1. The quantitative estimate of drug-likeness (QED) is 0.874. The van der Waals surface area contributed by atoms with E-state index in [1.807, 2.05) is 6.07 Å². The second-order valence-electron chi connectivity index (χ2n) is 4.32. The van der Waals surface area contributed by atoms with E-state index >= 15 is 0 Å². The van der Waals surface area contributed by atoms with Crippen LogP contribution in [-0.4, -0.2) is 19.3 Å². The van der Waals surface area contributed by atoms with Gasteiger partial charge < -0.3 is 10.1 Å². The first-order chi connectivity index (χ1) is 8.22. The third-order valence-electron chi connectivity index (χ3n) is 3.18. The second-order valence-corrected chi connectivity index (χ2v) is 4.32. The van der Waals surface area contributed by atoms with Gasteiger partial charge in [-0.05, 0) is 37.5 Å². The molecule has 4 heteroatoms. The fraction of sp³-hybridized carbons (Fsp3) is 0.462. The number of nitrogens with zero attached hydrogens (tertiary/aromatic N) is 1. The Labute approximate surface area is 100 Å². The van der Waals surface area contributed by atoms with Crippen molar-refractivity contribution in [3.05, 3.63) is 29.6 Å². The average Bonchev–Trinajstić information content (AvgIpc) is 2.79. The highest BCUT2D eigenvalue weighted by Gasteiger charge is 2.24. The molecule has 0 spiro atoms. The van der Waals surface area contributed by atoms with Crippen LogP contribution in [-0.2, 0) is 4.74 Å². The van der Waals surface area contributed by atoms with Gasteiger partial charge in [0.05, 0.1) is 23.4 Å². The van der Waals surface area contributed by atoms with Crippen molar-refractivity contribution in [3.63, 3.8) is 0 Å². The summed E-state index contributed by atoms with van der Waals surface area (Å²) in [5.74, 6) is -0.370. The smallest absolute Gasteiger partial charge is 0.147 e. The Kier molecular flexibility index (Phi) is 3.60. The summed E-state index contributed by atoms with van der Waals surface area (Å²) in [6, 6.07) is 6.66. The number of methoxy groups -OCH3 is 1.